The van der Waals surface area contributed by atoms with Gasteiger partial charge in [0.1, 0.15) is 5.82 Å². The van der Waals surface area contributed by atoms with Gasteiger partial charge < -0.3 is 10.1 Å². The highest BCUT2D eigenvalue weighted by atomic mass is 35.5. The molecule has 2 atom stereocenters. The first-order valence-corrected chi connectivity index (χ1v) is 5.89. The lowest BCUT2D eigenvalue weighted by Crippen LogP contribution is -2.40. The van der Waals surface area contributed by atoms with Crippen LogP contribution in [0.25, 0.3) is 0 Å². The Bertz CT molecular complexity index is 372. The summed E-state index contributed by atoms with van der Waals surface area (Å²) in [7, 11) is 0. The van der Waals surface area contributed by atoms with Crippen LogP contribution in [0.4, 0.5) is 4.39 Å². The van der Waals surface area contributed by atoms with Crippen molar-refractivity contribution < 1.29 is 9.13 Å². The van der Waals surface area contributed by atoms with Crippen molar-refractivity contribution in [2.24, 2.45) is 0 Å². The first-order valence-electron chi connectivity index (χ1n) is 5.52. The second-order valence-corrected chi connectivity index (χ2v) is 4.39. The van der Waals surface area contributed by atoms with E-state index in [9.17, 15) is 4.39 Å². The van der Waals surface area contributed by atoms with Crippen molar-refractivity contribution in [2.45, 2.75) is 25.6 Å². The molecule has 2 rings (SSSR count). The van der Waals surface area contributed by atoms with E-state index < -0.39 is 0 Å². The van der Waals surface area contributed by atoms with Crippen LogP contribution < -0.4 is 5.32 Å². The van der Waals surface area contributed by atoms with E-state index in [-0.39, 0.29) is 18.0 Å². The van der Waals surface area contributed by atoms with Gasteiger partial charge in [-0.1, -0.05) is 24.6 Å². The third-order valence-corrected chi connectivity index (χ3v) is 3.15. The van der Waals surface area contributed by atoms with Gasteiger partial charge in [0, 0.05) is 23.7 Å². The van der Waals surface area contributed by atoms with E-state index >= 15 is 0 Å². The Morgan fingerprint density at radius 1 is 1.50 bits per heavy atom. The van der Waals surface area contributed by atoms with E-state index in [1.54, 1.807) is 6.07 Å². The molecule has 0 amide bonds. The summed E-state index contributed by atoms with van der Waals surface area (Å²) >= 11 is 6.01. The summed E-state index contributed by atoms with van der Waals surface area (Å²) in [5, 5.41) is 3.73. The number of rotatable bonds is 2. The van der Waals surface area contributed by atoms with Gasteiger partial charge in [0.15, 0.2) is 0 Å². The average molecular weight is 244 g/mol. The molecule has 1 aliphatic heterocycles. The fourth-order valence-corrected chi connectivity index (χ4v) is 2.18. The lowest BCUT2D eigenvalue weighted by molar-refractivity contribution is -0.0399. The molecule has 1 aliphatic rings. The molecule has 0 spiro atoms. The molecule has 1 heterocycles. The van der Waals surface area contributed by atoms with E-state index in [1.165, 1.54) is 12.1 Å². The second-order valence-electron chi connectivity index (χ2n) is 3.98. The number of ether oxygens (including phenoxy) is 1. The minimum absolute atomic E-state index is 0.0770. The fraction of sp³-hybridized carbons (Fsp3) is 0.500. The molecule has 4 heteroatoms. The van der Waals surface area contributed by atoms with Gasteiger partial charge in [-0.05, 0) is 18.6 Å². The van der Waals surface area contributed by atoms with Gasteiger partial charge >= 0.3 is 0 Å². The summed E-state index contributed by atoms with van der Waals surface area (Å²) in [5.41, 5.74) is 0.855. The number of halogens is 2. The van der Waals surface area contributed by atoms with Crippen LogP contribution in [-0.4, -0.2) is 19.2 Å². The van der Waals surface area contributed by atoms with Gasteiger partial charge in [0.2, 0.25) is 0 Å². The molecule has 1 aromatic rings. The molecule has 1 N–H and O–H groups in total. The van der Waals surface area contributed by atoms with Gasteiger partial charge in [0.25, 0.3) is 0 Å². The van der Waals surface area contributed by atoms with Gasteiger partial charge in [0.05, 0.1) is 12.2 Å². The quantitative estimate of drug-likeness (QED) is 0.863. The maximum Gasteiger partial charge on any atom is 0.124 e. The molecule has 2 nitrogen and oxygen atoms in total. The Hall–Kier alpha value is -0.640. The first kappa shape index (κ1) is 11.8. The molecule has 0 bridgehead atoms. The summed E-state index contributed by atoms with van der Waals surface area (Å²) in [6.45, 7) is 3.68. The maximum absolute atomic E-state index is 12.9. The van der Waals surface area contributed by atoms with Crippen LogP contribution in [0.1, 0.15) is 25.0 Å². The van der Waals surface area contributed by atoms with E-state index in [1.807, 2.05) is 0 Å². The molecule has 0 aliphatic carbocycles. The van der Waals surface area contributed by atoms with Crippen LogP contribution in [0.2, 0.25) is 5.02 Å². The molecular weight excluding hydrogens is 229 g/mol. The Morgan fingerprint density at radius 2 is 2.31 bits per heavy atom. The maximum atomic E-state index is 12.9. The summed E-state index contributed by atoms with van der Waals surface area (Å²) in [4.78, 5) is 0. The molecule has 0 saturated carbocycles. The third-order valence-electron chi connectivity index (χ3n) is 2.82. The zero-order valence-corrected chi connectivity index (χ0v) is 9.93. The summed E-state index contributed by atoms with van der Waals surface area (Å²) < 4.78 is 18.8. The summed E-state index contributed by atoms with van der Waals surface area (Å²) in [5.74, 6) is -0.315. The van der Waals surface area contributed by atoms with Crippen molar-refractivity contribution in [3.63, 3.8) is 0 Å². The minimum atomic E-state index is -0.315. The van der Waals surface area contributed by atoms with Crippen LogP contribution in [0.15, 0.2) is 18.2 Å². The lowest BCUT2D eigenvalue weighted by atomic mass is 10.1. The Balaban J connectivity index is 2.16. The number of hydrogen-bond donors (Lipinski definition) is 1. The highest BCUT2D eigenvalue weighted by Gasteiger charge is 2.23. The third kappa shape index (κ3) is 2.54. The lowest BCUT2D eigenvalue weighted by Gasteiger charge is -2.31. The largest absolute Gasteiger partial charge is 0.368 e. The van der Waals surface area contributed by atoms with Crippen LogP contribution in [-0.2, 0) is 4.74 Å². The number of benzene rings is 1. The molecule has 2 unspecified atom stereocenters. The van der Waals surface area contributed by atoms with Crippen molar-refractivity contribution in [3.05, 3.63) is 34.6 Å². The molecule has 0 aromatic heterocycles. The van der Waals surface area contributed by atoms with Gasteiger partial charge in [-0.15, -0.1) is 0 Å². The van der Waals surface area contributed by atoms with Crippen LogP contribution in [0.3, 0.4) is 0 Å². The molecule has 88 valence electrons. The topological polar surface area (TPSA) is 21.3 Å². The monoisotopic (exact) mass is 243 g/mol. The molecule has 1 aromatic carbocycles. The SMILES string of the molecule is CCC1CNCC(c2ccc(F)cc2Cl)O1. The highest BCUT2D eigenvalue weighted by Crippen LogP contribution is 2.29. The number of hydrogen-bond acceptors (Lipinski definition) is 2. The van der Waals surface area contributed by atoms with E-state index in [2.05, 4.69) is 12.2 Å². The summed E-state index contributed by atoms with van der Waals surface area (Å²) in [6, 6.07) is 4.44. The minimum Gasteiger partial charge on any atom is -0.368 e. The normalized spacial score (nSPS) is 25.7. The highest BCUT2D eigenvalue weighted by molar-refractivity contribution is 6.31. The van der Waals surface area contributed by atoms with Crippen LogP contribution in [0, 0.1) is 5.82 Å². The average Bonchev–Trinajstić information content (AvgIpc) is 2.29. The van der Waals surface area contributed by atoms with Crippen molar-refractivity contribution in [1.82, 2.24) is 5.32 Å². The zero-order chi connectivity index (χ0) is 11.5. The number of morpholine rings is 1. The fourth-order valence-electron chi connectivity index (χ4n) is 1.89. The van der Waals surface area contributed by atoms with Crippen molar-refractivity contribution >= 4 is 11.6 Å². The Kier molecular flexibility index (Phi) is 3.79. The molecule has 1 fully saturated rings. The van der Waals surface area contributed by atoms with Gasteiger partial charge in [-0.3, -0.25) is 0 Å². The van der Waals surface area contributed by atoms with E-state index in [4.69, 9.17) is 16.3 Å². The van der Waals surface area contributed by atoms with Crippen LogP contribution in [0.5, 0.6) is 0 Å². The predicted molar refractivity (Wildman–Crippen MR) is 62.2 cm³/mol. The predicted octanol–water partition coefficient (Wildman–Crippen LogP) is 2.92. The smallest absolute Gasteiger partial charge is 0.124 e. The van der Waals surface area contributed by atoms with E-state index in [0.717, 1.165) is 25.1 Å². The zero-order valence-electron chi connectivity index (χ0n) is 9.17. The molecule has 16 heavy (non-hydrogen) atoms. The summed E-state index contributed by atoms with van der Waals surface area (Å²) in [6.07, 6.45) is 1.09. The molecule has 0 radical (unpaired) electrons. The molecule has 1 saturated heterocycles. The van der Waals surface area contributed by atoms with Crippen LogP contribution >= 0.6 is 11.6 Å². The van der Waals surface area contributed by atoms with Gasteiger partial charge in [-0.2, -0.15) is 0 Å². The number of nitrogens with one attached hydrogen (secondary N) is 1. The Labute approximate surface area is 99.7 Å². The Morgan fingerprint density at radius 3 is 3.00 bits per heavy atom. The van der Waals surface area contributed by atoms with Gasteiger partial charge in [-0.25, -0.2) is 4.39 Å². The van der Waals surface area contributed by atoms with Crippen molar-refractivity contribution in [2.75, 3.05) is 13.1 Å². The second kappa shape index (κ2) is 5.13. The standard InChI is InChI=1S/C12H15ClFNO/c1-2-9-6-15-7-12(16-9)10-4-3-8(14)5-11(10)13/h3-5,9,12,15H,2,6-7H2,1H3. The van der Waals surface area contributed by atoms with Crippen molar-refractivity contribution in [1.29, 1.82) is 0 Å². The first-order chi connectivity index (χ1) is 7.70. The van der Waals surface area contributed by atoms with E-state index in [0.29, 0.717) is 5.02 Å². The molecular formula is C12H15ClFNO. The van der Waals surface area contributed by atoms with Crippen molar-refractivity contribution in [3.8, 4) is 0 Å².